The molecule has 0 bridgehead atoms. The van der Waals surface area contributed by atoms with Gasteiger partial charge in [-0.25, -0.2) is 4.68 Å². The monoisotopic (exact) mass is 357 g/mol. The molecule has 24 heavy (non-hydrogen) atoms. The molecule has 0 atom stereocenters. The van der Waals surface area contributed by atoms with Crippen molar-refractivity contribution in [3.05, 3.63) is 75.8 Å². The largest absolute Gasteiger partial charge is 0.463 e. The fourth-order valence-corrected chi connectivity index (χ4v) is 3.07. The van der Waals surface area contributed by atoms with Crippen LogP contribution in [0.4, 0.5) is 0 Å². The van der Waals surface area contributed by atoms with Gasteiger partial charge in [0, 0.05) is 16.0 Å². The Balaban J connectivity index is 2.08. The van der Waals surface area contributed by atoms with Gasteiger partial charge in [0.2, 0.25) is 4.80 Å². The lowest BCUT2D eigenvalue weighted by Crippen LogP contribution is -2.12. The molecule has 0 aliphatic rings. The summed E-state index contributed by atoms with van der Waals surface area (Å²) in [4.78, 5) is 5.37. The highest BCUT2D eigenvalue weighted by atomic mass is 35.5. The van der Waals surface area contributed by atoms with Crippen molar-refractivity contribution in [2.45, 2.75) is 6.92 Å². The van der Waals surface area contributed by atoms with Gasteiger partial charge in [0.25, 0.3) is 0 Å². The van der Waals surface area contributed by atoms with Crippen LogP contribution in [0, 0.1) is 0 Å². The molecule has 0 N–H and O–H groups in total. The first-order chi connectivity index (χ1) is 11.6. The molecule has 0 saturated carbocycles. The first-order valence-electron chi connectivity index (χ1n) is 7.33. The summed E-state index contributed by atoms with van der Waals surface area (Å²) in [5.74, 6) is 0.677. The number of nitrogens with zero attached hydrogens (tertiary/aromatic N) is 3. The topological polar surface area (TPSA) is 42.8 Å². The number of halogens is 1. The molecule has 0 unspecified atom stereocenters. The molecule has 2 heterocycles. The maximum atomic E-state index is 6.12. The molecule has 1 aromatic carbocycles. The predicted molar refractivity (Wildman–Crippen MR) is 99.7 cm³/mol. The van der Waals surface area contributed by atoms with Crippen molar-refractivity contribution in [3.8, 4) is 11.3 Å². The number of benzene rings is 1. The summed E-state index contributed by atoms with van der Waals surface area (Å²) >= 11 is 7.64. The van der Waals surface area contributed by atoms with Crippen LogP contribution in [0.15, 0.2) is 74.7 Å². The number of aromatic nitrogens is 1. The van der Waals surface area contributed by atoms with Crippen LogP contribution in [0.2, 0.25) is 5.02 Å². The third-order valence-electron chi connectivity index (χ3n) is 3.13. The van der Waals surface area contributed by atoms with Crippen LogP contribution in [-0.2, 0) is 0 Å². The number of thiazole rings is 1. The van der Waals surface area contributed by atoms with Gasteiger partial charge >= 0.3 is 0 Å². The zero-order valence-electron chi connectivity index (χ0n) is 13.1. The molecule has 6 heteroatoms. The van der Waals surface area contributed by atoms with Crippen molar-refractivity contribution >= 4 is 29.2 Å². The Hall–Kier alpha value is -2.37. The Bertz CT molecular complexity index is 935. The second-order valence-electron chi connectivity index (χ2n) is 5.26. The minimum absolute atomic E-state index is 0.561. The smallest absolute Gasteiger partial charge is 0.206 e. The van der Waals surface area contributed by atoms with E-state index in [-0.39, 0.29) is 0 Å². The number of rotatable bonds is 5. The Morgan fingerprint density at radius 3 is 2.96 bits per heavy atom. The van der Waals surface area contributed by atoms with Gasteiger partial charge in [-0.2, -0.15) is 5.10 Å². The van der Waals surface area contributed by atoms with Gasteiger partial charge in [-0.3, -0.25) is 4.99 Å². The molecule has 0 fully saturated rings. The van der Waals surface area contributed by atoms with E-state index in [0.717, 1.165) is 21.6 Å². The molecular weight excluding hydrogens is 342 g/mol. The summed E-state index contributed by atoms with van der Waals surface area (Å²) in [7, 11) is 0. The second-order valence-corrected chi connectivity index (χ2v) is 6.53. The molecule has 0 amide bonds. The van der Waals surface area contributed by atoms with E-state index in [1.165, 1.54) is 11.3 Å². The van der Waals surface area contributed by atoms with Gasteiger partial charge in [0.05, 0.1) is 24.7 Å². The number of furan rings is 1. The maximum Gasteiger partial charge on any atom is 0.206 e. The number of hydrogen-bond acceptors (Lipinski definition) is 4. The molecule has 0 saturated heterocycles. The SMILES string of the molecule is C=C(C)CN=c1scc(-c2cccc(Cl)c2)n1N=Cc1ccco1. The van der Waals surface area contributed by atoms with Gasteiger partial charge < -0.3 is 4.42 Å². The second kappa shape index (κ2) is 7.47. The minimum atomic E-state index is 0.561. The van der Waals surface area contributed by atoms with Crippen molar-refractivity contribution in [2.24, 2.45) is 10.1 Å². The Morgan fingerprint density at radius 2 is 2.25 bits per heavy atom. The van der Waals surface area contributed by atoms with Gasteiger partial charge in [-0.1, -0.05) is 35.9 Å². The van der Waals surface area contributed by atoms with Crippen LogP contribution in [0.3, 0.4) is 0 Å². The van der Waals surface area contributed by atoms with Crippen LogP contribution in [0.5, 0.6) is 0 Å². The molecule has 0 spiro atoms. The summed E-state index contributed by atoms with van der Waals surface area (Å²) in [6.07, 6.45) is 3.28. The van der Waals surface area contributed by atoms with Crippen molar-refractivity contribution in [1.82, 2.24) is 4.68 Å². The zero-order chi connectivity index (χ0) is 16.9. The summed E-state index contributed by atoms with van der Waals surface area (Å²) in [6.45, 7) is 6.40. The van der Waals surface area contributed by atoms with Crippen LogP contribution in [0.1, 0.15) is 12.7 Å². The predicted octanol–water partition coefficient (Wildman–Crippen LogP) is 4.82. The van der Waals surface area contributed by atoms with Gasteiger partial charge in [0.1, 0.15) is 5.76 Å². The summed E-state index contributed by atoms with van der Waals surface area (Å²) in [5, 5.41) is 7.23. The van der Waals surface area contributed by atoms with Crippen LogP contribution < -0.4 is 4.80 Å². The molecule has 0 aliphatic carbocycles. The third-order valence-corrected chi connectivity index (χ3v) is 4.22. The van der Waals surface area contributed by atoms with Gasteiger partial charge in [-0.15, -0.1) is 11.3 Å². The van der Waals surface area contributed by atoms with Crippen LogP contribution >= 0.6 is 22.9 Å². The lowest BCUT2D eigenvalue weighted by atomic mass is 10.2. The van der Waals surface area contributed by atoms with Gasteiger partial charge in [0.15, 0.2) is 0 Å². The minimum Gasteiger partial charge on any atom is -0.463 e. The average molecular weight is 358 g/mol. The highest BCUT2D eigenvalue weighted by molar-refractivity contribution is 7.07. The summed E-state index contributed by atoms with van der Waals surface area (Å²) < 4.78 is 7.10. The molecule has 3 aromatic rings. The van der Waals surface area contributed by atoms with Gasteiger partial charge in [-0.05, 0) is 31.2 Å². The molecule has 4 nitrogen and oxygen atoms in total. The number of hydrogen-bond donors (Lipinski definition) is 0. The fourth-order valence-electron chi connectivity index (χ4n) is 2.05. The summed E-state index contributed by atoms with van der Waals surface area (Å²) in [6, 6.07) is 11.3. The highest BCUT2D eigenvalue weighted by Crippen LogP contribution is 2.23. The van der Waals surface area contributed by atoms with Crippen LogP contribution in [-0.4, -0.2) is 17.4 Å². The average Bonchev–Trinajstić information content (AvgIpc) is 3.20. The first-order valence-corrected chi connectivity index (χ1v) is 8.58. The molecule has 3 rings (SSSR count). The Morgan fingerprint density at radius 1 is 1.38 bits per heavy atom. The van der Waals surface area contributed by atoms with Crippen molar-refractivity contribution in [3.63, 3.8) is 0 Å². The Kier molecular flexibility index (Phi) is 5.13. The van der Waals surface area contributed by atoms with E-state index in [1.54, 1.807) is 17.2 Å². The van der Waals surface area contributed by atoms with Crippen LogP contribution in [0.25, 0.3) is 11.3 Å². The lowest BCUT2D eigenvalue weighted by molar-refractivity contribution is 0.559. The van der Waals surface area contributed by atoms with E-state index >= 15 is 0 Å². The molecule has 122 valence electrons. The van der Waals surface area contributed by atoms with E-state index in [4.69, 9.17) is 16.0 Å². The maximum absolute atomic E-state index is 6.12. The zero-order valence-corrected chi connectivity index (χ0v) is 14.7. The summed E-state index contributed by atoms with van der Waals surface area (Å²) in [5.41, 5.74) is 2.90. The van der Waals surface area contributed by atoms with Crippen molar-refractivity contribution < 1.29 is 4.42 Å². The quantitative estimate of drug-likeness (QED) is 0.476. The van der Waals surface area contributed by atoms with E-state index in [1.807, 2.05) is 48.7 Å². The standard InChI is InChI=1S/C18H16ClN3OS/c1-13(2)10-20-18-22(21-11-16-7-4-8-23-16)17(12-24-18)14-5-3-6-15(19)9-14/h3-9,11-12H,1,10H2,2H3. The molecule has 0 aliphatic heterocycles. The lowest BCUT2D eigenvalue weighted by Gasteiger charge is -2.03. The van der Waals surface area contributed by atoms with Crippen molar-refractivity contribution in [2.75, 3.05) is 6.54 Å². The molecule has 0 radical (unpaired) electrons. The third kappa shape index (κ3) is 3.93. The van der Waals surface area contributed by atoms with E-state index < -0.39 is 0 Å². The highest BCUT2D eigenvalue weighted by Gasteiger charge is 2.08. The molecule has 2 aromatic heterocycles. The van der Waals surface area contributed by atoms with Crippen molar-refractivity contribution in [1.29, 1.82) is 0 Å². The van der Waals surface area contributed by atoms with E-state index in [0.29, 0.717) is 17.3 Å². The Labute approximate surface area is 149 Å². The molecular formula is C18H16ClN3OS. The first kappa shape index (κ1) is 16.5. The fraction of sp³-hybridized carbons (Fsp3) is 0.111. The van der Waals surface area contributed by atoms with E-state index in [9.17, 15) is 0 Å². The normalized spacial score (nSPS) is 12.2. The van der Waals surface area contributed by atoms with E-state index in [2.05, 4.69) is 16.7 Å².